The van der Waals surface area contributed by atoms with E-state index in [2.05, 4.69) is 0 Å². The number of likely N-dealkylation sites (N-methyl/N-ethyl adjacent to an activating group) is 1. The highest BCUT2D eigenvalue weighted by molar-refractivity contribution is 5.77. The van der Waals surface area contributed by atoms with Crippen molar-refractivity contribution in [3.05, 3.63) is 53.1 Å². The monoisotopic (exact) mass is 343 g/mol. The van der Waals surface area contributed by atoms with Gasteiger partial charge in [-0.3, -0.25) is 4.79 Å². The molecule has 2 aromatic rings. The van der Waals surface area contributed by atoms with Gasteiger partial charge in [-0.25, -0.2) is 0 Å². The van der Waals surface area contributed by atoms with Gasteiger partial charge in [0.25, 0.3) is 5.91 Å². The van der Waals surface area contributed by atoms with Gasteiger partial charge in [0.1, 0.15) is 17.2 Å². The molecule has 0 bridgehead atoms. The van der Waals surface area contributed by atoms with Crippen LogP contribution in [0.25, 0.3) is 0 Å². The first kappa shape index (κ1) is 18.6. The summed E-state index contributed by atoms with van der Waals surface area (Å²) in [4.78, 5) is 14.0. The Hall–Kier alpha value is -2.69. The zero-order chi connectivity index (χ0) is 18.4. The highest BCUT2D eigenvalue weighted by Crippen LogP contribution is 2.25. The lowest BCUT2D eigenvalue weighted by Crippen LogP contribution is -2.31. The molecule has 2 aromatic carbocycles. The molecule has 5 heteroatoms. The second kappa shape index (κ2) is 8.42. The minimum absolute atomic E-state index is 0.000731. The van der Waals surface area contributed by atoms with E-state index in [-0.39, 0.29) is 12.5 Å². The van der Waals surface area contributed by atoms with Crippen molar-refractivity contribution in [1.82, 2.24) is 4.90 Å². The van der Waals surface area contributed by atoms with Crippen LogP contribution in [0.1, 0.15) is 16.7 Å². The van der Waals surface area contributed by atoms with Crippen molar-refractivity contribution in [2.24, 2.45) is 0 Å². The van der Waals surface area contributed by atoms with Crippen LogP contribution in [0.4, 0.5) is 0 Å². The SMILES string of the molecule is COc1ccc(CN(C)C(=O)COc2cc(C)ccc2C)c(OC)c1. The number of nitrogens with zero attached hydrogens (tertiary/aromatic N) is 1. The molecule has 0 unspecified atom stereocenters. The largest absolute Gasteiger partial charge is 0.497 e. The molecule has 0 aliphatic carbocycles. The summed E-state index contributed by atoms with van der Waals surface area (Å²) in [5, 5.41) is 0. The fourth-order valence-corrected chi connectivity index (χ4v) is 2.44. The maximum atomic E-state index is 12.4. The first-order valence-electron chi connectivity index (χ1n) is 8.09. The van der Waals surface area contributed by atoms with Gasteiger partial charge in [-0.05, 0) is 43.2 Å². The van der Waals surface area contributed by atoms with Crippen LogP contribution in [0.2, 0.25) is 0 Å². The van der Waals surface area contributed by atoms with Crippen molar-refractivity contribution in [1.29, 1.82) is 0 Å². The first-order chi connectivity index (χ1) is 11.9. The molecule has 2 rings (SSSR count). The van der Waals surface area contributed by atoms with E-state index < -0.39 is 0 Å². The summed E-state index contributed by atoms with van der Waals surface area (Å²) in [6.07, 6.45) is 0. The smallest absolute Gasteiger partial charge is 0.260 e. The number of ether oxygens (including phenoxy) is 3. The molecule has 0 aromatic heterocycles. The van der Waals surface area contributed by atoms with Crippen molar-refractivity contribution in [3.8, 4) is 17.2 Å². The van der Waals surface area contributed by atoms with Gasteiger partial charge in [0, 0.05) is 25.2 Å². The number of carbonyl (C=O) groups excluding carboxylic acids is 1. The van der Waals surface area contributed by atoms with Gasteiger partial charge >= 0.3 is 0 Å². The topological polar surface area (TPSA) is 48.0 Å². The van der Waals surface area contributed by atoms with E-state index in [0.29, 0.717) is 18.0 Å². The predicted molar refractivity (Wildman–Crippen MR) is 97.4 cm³/mol. The Morgan fingerprint density at radius 1 is 1.00 bits per heavy atom. The van der Waals surface area contributed by atoms with Gasteiger partial charge in [0.15, 0.2) is 6.61 Å². The van der Waals surface area contributed by atoms with Crippen molar-refractivity contribution in [2.45, 2.75) is 20.4 Å². The number of hydrogen-bond donors (Lipinski definition) is 0. The van der Waals surface area contributed by atoms with E-state index >= 15 is 0 Å². The highest BCUT2D eigenvalue weighted by Gasteiger charge is 2.14. The normalized spacial score (nSPS) is 10.3. The van der Waals surface area contributed by atoms with Gasteiger partial charge in [-0.15, -0.1) is 0 Å². The van der Waals surface area contributed by atoms with E-state index in [1.54, 1.807) is 32.2 Å². The molecule has 0 heterocycles. The molecule has 0 saturated carbocycles. The Balaban J connectivity index is 1.99. The summed E-state index contributed by atoms with van der Waals surface area (Å²) >= 11 is 0. The number of methoxy groups -OCH3 is 2. The van der Waals surface area contributed by atoms with E-state index in [1.807, 2.05) is 44.2 Å². The summed E-state index contributed by atoms with van der Waals surface area (Å²) in [6.45, 7) is 4.39. The number of carbonyl (C=O) groups is 1. The van der Waals surface area contributed by atoms with Crippen LogP contribution in [0.3, 0.4) is 0 Å². The maximum absolute atomic E-state index is 12.4. The van der Waals surface area contributed by atoms with Crippen molar-refractivity contribution >= 4 is 5.91 Å². The quantitative estimate of drug-likeness (QED) is 0.773. The molecule has 0 aliphatic rings. The number of rotatable bonds is 7. The Kier molecular flexibility index (Phi) is 6.28. The van der Waals surface area contributed by atoms with Crippen LogP contribution in [0.5, 0.6) is 17.2 Å². The highest BCUT2D eigenvalue weighted by atomic mass is 16.5. The Labute approximate surface area is 149 Å². The average molecular weight is 343 g/mol. The minimum Gasteiger partial charge on any atom is -0.497 e. The van der Waals surface area contributed by atoms with Gasteiger partial charge in [0.05, 0.1) is 14.2 Å². The fraction of sp³-hybridized carbons (Fsp3) is 0.350. The molecule has 0 radical (unpaired) electrons. The number of aryl methyl sites for hydroxylation is 2. The minimum atomic E-state index is -0.0984. The zero-order valence-electron chi connectivity index (χ0n) is 15.5. The molecule has 1 amide bonds. The summed E-state index contributed by atoms with van der Waals surface area (Å²) in [6, 6.07) is 11.5. The standard InChI is InChI=1S/C20H25NO4/c1-14-6-7-15(2)18(10-14)25-13-20(22)21(3)12-16-8-9-17(23-4)11-19(16)24-5/h6-11H,12-13H2,1-5H3. The number of hydrogen-bond acceptors (Lipinski definition) is 4. The van der Waals surface area contributed by atoms with Gasteiger partial charge in [0.2, 0.25) is 0 Å². The molecule has 0 saturated heterocycles. The predicted octanol–water partition coefficient (Wildman–Crippen LogP) is 3.36. The Morgan fingerprint density at radius 3 is 2.44 bits per heavy atom. The van der Waals surface area contributed by atoms with Gasteiger partial charge in [-0.1, -0.05) is 12.1 Å². The second-order valence-corrected chi connectivity index (χ2v) is 5.99. The molecule has 0 atom stereocenters. The molecule has 134 valence electrons. The summed E-state index contributed by atoms with van der Waals surface area (Å²) in [5.74, 6) is 2.05. The molecular weight excluding hydrogens is 318 g/mol. The number of benzene rings is 2. The van der Waals surface area contributed by atoms with Crippen LogP contribution >= 0.6 is 0 Å². The molecule has 5 nitrogen and oxygen atoms in total. The van der Waals surface area contributed by atoms with Crippen molar-refractivity contribution in [2.75, 3.05) is 27.9 Å². The van der Waals surface area contributed by atoms with Crippen LogP contribution < -0.4 is 14.2 Å². The molecule has 0 fully saturated rings. The molecule has 0 N–H and O–H groups in total. The lowest BCUT2D eigenvalue weighted by atomic mass is 10.1. The number of amides is 1. The lowest BCUT2D eigenvalue weighted by molar-refractivity contribution is -0.132. The Morgan fingerprint density at radius 2 is 1.76 bits per heavy atom. The average Bonchev–Trinajstić information content (AvgIpc) is 2.62. The van der Waals surface area contributed by atoms with Crippen LogP contribution in [-0.4, -0.2) is 38.7 Å². The van der Waals surface area contributed by atoms with E-state index in [1.165, 1.54) is 0 Å². The fourth-order valence-electron chi connectivity index (χ4n) is 2.44. The summed E-state index contributed by atoms with van der Waals surface area (Å²) in [5.41, 5.74) is 3.02. The van der Waals surface area contributed by atoms with Crippen molar-refractivity contribution < 1.29 is 19.0 Å². The first-order valence-corrected chi connectivity index (χ1v) is 8.09. The third-order valence-corrected chi connectivity index (χ3v) is 4.02. The Bertz CT molecular complexity index is 742. The maximum Gasteiger partial charge on any atom is 0.260 e. The van der Waals surface area contributed by atoms with Crippen molar-refractivity contribution in [3.63, 3.8) is 0 Å². The molecule has 0 aliphatic heterocycles. The zero-order valence-corrected chi connectivity index (χ0v) is 15.5. The van der Waals surface area contributed by atoms with Crippen LogP contribution in [-0.2, 0) is 11.3 Å². The van der Waals surface area contributed by atoms with E-state index in [9.17, 15) is 4.79 Å². The lowest BCUT2D eigenvalue weighted by Gasteiger charge is -2.20. The van der Waals surface area contributed by atoms with Gasteiger partial charge in [-0.2, -0.15) is 0 Å². The second-order valence-electron chi connectivity index (χ2n) is 5.99. The van der Waals surface area contributed by atoms with E-state index in [4.69, 9.17) is 14.2 Å². The van der Waals surface area contributed by atoms with Gasteiger partial charge < -0.3 is 19.1 Å². The van der Waals surface area contributed by atoms with E-state index in [0.717, 1.165) is 22.4 Å². The van der Waals surface area contributed by atoms with Crippen LogP contribution in [0.15, 0.2) is 36.4 Å². The summed E-state index contributed by atoms with van der Waals surface area (Å²) < 4.78 is 16.3. The van der Waals surface area contributed by atoms with Crippen LogP contribution in [0, 0.1) is 13.8 Å². The molecular formula is C20H25NO4. The molecule has 0 spiro atoms. The molecule has 25 heavy (non-hydrogen) atoms. The third kappa shape index (κ3) is 4.89. The third-order valence-electron chi connectivity index (χ3n) is 4.02. The summed E-state index contributed by atoms with van der Waals surface area (Å²) in [7, 11) is 4.96.